The van der Waals surface area contributed by atoms with Gasteiger partial charge >= 0.3 is 0 Å². The highest BCUT2D eigenvalue weighted by atomic mass is 16.5. The molecule has 0 atom stereocenters. The van der Waals surface area contributed by atoms with Crippen LogP contribution >= 0.6 is 0 Å². The maximum Gasteiger partial charge on any atom is 0.267 e. The number of nitrogens with zero attached hydrogens (tertiary/aromatic N) is 2. The molecule has 1 aliphatic carbocycles. The Morgan fingerprint density at radius 3 is 2.76 bits per heavy atom. The molecule has 0 saturated carbocycles. The highest BCUT2D eigenvalue weighted by molar-refractivity contribution is 5.92. The quantitative estimate of drug-likeness (QED) is 0.702. The summed E-state index contributed by atoms with van der Waals surface area (Å²) in [6.07, 6.45) is 6.27. The number of hydrogen-bond acceptors (Lipinski definition) is 5. The average molecular weight is 396 g/mol. The Bertz CT molecular complexity index is 919. The van der Waals surface area contributed by atoms with E-state index in [4.69, 9.17) is 4.74 Å². The molecule has 1 aliphatic heterocycles. The largest absolute Gasteiger partial charge is 0.370 e. The molecule has 4 rings (SSSR count). The van der Waals surface area contributed by atoms with Crippen molar-refractivity contribution in [1.82, 2.24) is 15.1 Å². The third-order valence-electron chi connectivity index (χ3n) is 5.70. The van der Waals surface area contributed by atoms with Gasteiger partial charge in [-0.1, -0.05) is 12.1 Å². The Balaban J connectivity index is 1.38. The number of amides is 1. The molecular weight excluding hydrogens is 368 g/mol. The van der Waals surface area contributed by atoms with Crippen molar-refractivity contribution in [3.8, 4) is 11.3 Å². The fraction of sp³-hybridized carbons (Fsp3) is 0.500. The number of carbonyl (C=O) groups is 1. The van der Waals surface area contributed by atoms with E-state index in [1.54, 1.807) is 0 Å². The molecule has 2 N–H and O–H groups in total. The van der Waals surface area contributed by atoms with Gasteiger partial charge in [0.1, 0.15) is 6.61 Å². The van der Waals surface area contributed by atoms with E-state index < -0.39 is 0 Å². The van der Waals surface area contributed by atoms with Crippen LogP contribution in [0.3, 0.4) is 0 Å². The molecule has 1 aromatic heterocycles. The van der Waals surface area contributed by atoms with Gasteiger partial charge in [-0.25, -0.2) is 5.10 Å². The average Bonchev–Trinajstić information content (AvgIpc) is 3.25. The van der Waals surface area contributed by atoms with E-state index in [0.29, 0.717) is 12.3 Å². The molecule has 2 aromatic rings. The van der Waals surface area contributed by atoms with Gasteiger partial charge in [-0.15, -0.1) is 0 Å². The van der Waals surface area contributed by atoms with Gasteiger partial charge in [0.2, 0.25) is 5.91 Å². The number of aromatic amines is 1. The summed E-state index contributed by atoms with van der Waals surface area (Å²) in [6.45, 7) is 3.76. The minimum absolute atomic E-state index is 0.0460. The number of benzene rings is 1. The molecule has 7 nitrogen and oxygen atoms in total. The van der Waals surface area contributed by atoms with Crippen molar-refractivity contribution in [3.63, 3.8) is 0 Å². The van der Waals surface area contributed by atoms with Crippen molar-refractivity contribution in [1.29, 1.82) is 0 Å². The van der Waals surface area contributed by atoms with E-state index in [1.165, 1.54) is 12.8 Å². The van der Waals surface area contributed by atoms with Crippen LogP contribution in [0.5, 0.6) is 0 Å². The van der Waals surface area contributed by atoms with E-state index in [9.17, 15) is 9.59 Å². The number of likely N-dealkylation sites (tertiary alicyclic amines) is 1. The summed E-state index contributed by atoms with van der Waals surface area (Å²) in [5.74, 6) is -0.167. The molecule has 154 valence electrons. The van der Waals surface area contributed by atoms with Crippen LogP contribution < -0.4 is 10.9 Å². The number of hydrogen-bond donors (Lipinski definition) is 2. The third-order valence-corrected chi connectivity index (χ3v) is 5.70. The Morgan fingerprint density at radius 2 is 1.93 bits per heavy atom. The highest BCUT2D eigenvalue weighted by Crippen LogP contribution is 2.29. The van der Waals surface area contributed by atoms with Crippen LogP contribution in [-0.2, 0) is 22.4 Å². The summed E-state index contributed by atoms with van der Waals surface area (Å²) < 4.78 is 5.53. The van der Waals surface area contributed by atoms with Crippen LogP contribution in [0.25, 0.3) is 11.3 Å². The van der Waals surface area contributed by atoms with Crippen LogP contribution in [0.15, 0.2) is 29.1 Å². The van der Waals surface area contributed by atoms with Crippen molar-refractivity contribution < 1.29 is 9.53 Å². The zero-order chi connectivity index (χ0) is 20.1. The van der Waals surface area contributed by atoms with Gasteiger partial charge in [0, 0.05) is 23.4 Å². The van der Waals surface area contributed by atoms with Crippen molar-refractivity contribution in [2.75, 3.05) is 38.2 Å². The molecule has 0 bridgehead atoms. The van der Waals surface area contributed by atoms with Crippen LogP contribution in [0.4, 0.5) is 5.69 Å². The number of anilines is 1. The molecule has 2 aliphatic rings. The number of rotatable bonds is 7. The van der Waals surface area contributed by atoms with Crippen LogP contribution in [0, 0.1) is 0 Å². The molecule has 1 saturated heterocycles. The van der Waals surface area contributed by atoms with Gasteiger partial charge in [0.05, 0.1) is 12.3 Å². The Hall–Kier alpha value is -2.51. The monoisotopic (exact) mass is 396 g/mol. The minimum atomic E-state index is -0.167. The Morgan fingerprint density at radius 1 is 1.14 bits per heavy atom. The zero-order valence-electron chi connectivity index (χ0n) is 16.7. The summed E-state index contributed by atoms with van der Waals surface area (Å²) in [7, 11) is 0. The second-order valence-electron chi connectivity index (χ2n) is 7.80. The number of aromatic nitrogens is 2. The standard InChI is InChI=1S/C22H28N4O3/c27-20(15-29-13-12-26-10-3-4-11-26)23-17-7-5-6-16(14-17)21-18-8-1-2-9-19(18)22(28)25-24-21/h5-7,14H,1-4,8-13,15H2,(H,23,27)(H,25,28). The Kier molecular flexibility index (Phi) is 6.36. The SMILES string of the molecule is O=C(COCCN1CCCC1)Nc1cccc(-c2n[nH]c(=O)c3c2CCCC3)c1. The molecule has 1 aromatic carbocycles. The number of H-pyrrole nitrogens is 1. The van der Waals surface area contributed by atoms with Gasteiger partial charge in [-0.2, -0.15) is 5.10 Å². The molecule has 1 amide bonds. The summed E-state index contributed by atoms with van der Waals surface area (Å²) in [6, 6.07) is 7.60. The number of fused-ring (bicyclic) bond motifs is 1. The van der Waals surface area contributed by atoms with E-state index >= 15 is 0 Å². The van der Waals surface area contributed by atoms with E-state index in [0.717, 1.165) is 67.7 Å². The molecule has 0 radical (unpaired) electrons. The third kappa shape index (κ3) is 4.92. The molecule has 29 heavy (non-hydrogen) atoms. The first-order chi connectivity index (χ1) is 14.2. The number of carbonyl (C=O) groups excluding carboxylic acids is 1. The van der Waals surface area contributed by atoms with Crippen LogP contribution in [0.1, 0.15) is 36.8 Å². The predicted octanol–water partition coefficient (Wildman–Crippen LogP) is 2.37. The molecule has 2 heterocycles. The van der Waals surface area contributed by atoms with E-state index in [2.05, 4.69) is 20.4 Å². The maximum atomic E-state index is 12.2. The fourth-order valence-electron chi connectivity index (χ4n) is 4.20. The highest BCUT2D eigenvalue weighted by Gasteiger charge is 2.19. The Labute approximate surface area is 170 Å². The predicted molar refractivity (Wildman–Crippen MR) is 112 cm³/mol. The summed E-state index contributed by atoms with van der Waals surface area (Å²) >= 11 is 0. The van der Waals surface area contributed by atoms with Crippen molar-refractivity contribution >= 4 is 11.6 Å². The second-order valence-corrected chi connectivity index (χ2v) is 7.80. The maximum absolute atomic E-state index is 12.2. The molecule has 0 unspecified atom stereocenters. The zero-order valence-corrected chi connectivity index (χ0v) is 16.7. The normalized spacial score (nSPS) is 16.6. The topological polar surface area (TPSA) is 87.3 Å². The number of nitrogens with one attached hydrogen (secondary N) is 2. The summed E-state index contributed by atoms with van der Waals surface area (Å²) in [5, 5.41) is 9.82. The second kappa shape index (κ2) is 9.33. The van der Waals surface area contributed by atoms with E-state index in [1.807, 2.05) is 24.3 Å². The van der Waals surface area contributed by atoms with Crippen molar-refractivity contribution in [3.05, 3.63) is 45.7 Å². The van der Waals surface area contributed by atoms with Crippen molar-refractivity contribution in [2.24, 2.45) is 0 Å². The molecular formula is C22H28N4O3. The van der Waals surface area contributed by atoms with Gasteiger partial charge in [0.25, 0.3) is 5.56 Å². The van der Waals surface area contributed by atoms with Gasteiger partial charge in [-0.05, 0) is 69.3 Å². The lowest BCUT2D eigenvalue weighted by Crippen LogP contribution is -2.26. The minimum Gasteiger partial charge on any atom is -0.370 e. The first kappa shape index (κ1) is 19.8. The smallest absolute Gasteiger partial charge is 0.267 e. The lowest BCUT2D eigenvalue weighted by molar-refractivity contribution is -0.120. The fourth-order valence-corrected chi connectivity index (χ4v) is 4.20. The number of ether oxygens (including phenoxy) is 1. The van der Waals surface area contributed by atoms with Gasteiger partial charge < -0.3 is 15.0 Å². The molecule has 7 heteroatoms. The summed E-state index contributed by atoms with van der Waals surface area (Å²) in [4.78, 5) is 26.7. The van der Waals surface area contributed by atoms with E-state index in [-0.39, 0.29) is 18.1 Å². The summed E-state index contributed by atoms with van der Waals surface area (Å²) in [5.41, 5.74) is 4.20. The van der Waals surface area contributed by atoms with Gasteiger partial charge in [0.15, 0.2) is 0 Å². The molecule has 1 fully saturated rings. The van der Waals surface area contributed by atoms with Crippen molar-refractivity contribution in [2.45, 2.75) is 38.5 Å². The van der Waals surface area contributed by atoms with Crippen LogP contribution in [-0.4, -0.2) is 53.9 Å². The lowest BCUT2D eigenvalue weighted by atomic mass is 9.90. The lowest BCUT2D eigenvalue weighted by Gasteiger charge is -2.17. The molecule has 0 spiro atoms. The van der Waals surface area contributed by atoms with Crippen LogP contribution in [0.2, 0.25) is 0 Å². The van der Waals surface area contributed by atoms with Gasteiger partial charge in [-0.3, -0.25) is 9.59 Å². The first-order valence-electron chi connectivity index (χ1n) is 10.5. The first-order valence-corrected chi connectivity index (χ1v) is 10.5.